The van der Waals surface area contributed by atoms with Crippen molar-refractivity contribution in [3.63, 3.8) is 0 Å². The molecule has 29 heavy (non-hydrogen) atoms. The number of rotatable bonds is 7. The molecule has 1 amide bonds. The number of amides is 1. The van der Waals surface area contributed by atoms with E-state index in [9.17, 15) is 4.79 Å². The van der Waals surface area contributed by atoms with Crippen molar-refractivity contribution >= 4 is 5.91 Å². The molecule has 5 nitrogen and oxygen atoms in total. The quantitative estimate of drug-likeness (QED) is 0.765. The Bertz CT molecular complexity index is 677. The Labute approximate surface area is 175 Å². The van der Waals surface area contributed by atoms with Gasteiger partial charge in [0.25, 0.3) is 0 Å². The molecule has 0 spiro atoms. The second-order valence-corrected chi connectivity index (χ2v) is 9.34. The predicted molar refractivity (Wildman–Crippen MR) is 116 cm³/mol. The number of carbonyl (C=O) groups excluding carboxylic acids is 1. The minimum absolute atomic E-state index is 0.150. The Morgan fingerprint density at radius 3 is 2.76 bits per heavy atom. The lowest BCUT2D eigenvalue weighted by Gasteiger charge is -2.57. The van der Waals surface area contributed by atoms with Crippen LogP contribution < -0.4 is 5.32 Å². The number of piperidine rings is 3. The second-order valence-electron chi connectivity index (χ2n) is 9.34. The molecule has 3 saturated heterocycles. The van der Waals surface area contributed by atoms with Gasteiger partial charge in [-0.15, -0.1) is 0 Å². The van der Waals surface area contributed by atoms with Gasteiger partial charge in [-0.3, -0.25) is 9.69 Å². The first-order chi connectivity index (χ1) is 14.1. The summed E-state index contributed by atoms with van der Waals surface area (Å²) in [6.45, 7) is 8.27. The largest absolute Gasteiger partial charge is 0.383 e. The summed E-state index contributed by atoms with van der Waals surface area (Å²) in [5.41, 5.74) is 2.33. The van der Waals surface area contributed by atoms with Crippen molar-refractivity contribution in [2.24, 2.45) is 11.8 Å². The molecular formula is C24H37N3O2. The van der Waals surface area contributed by atoms with E-state index in [-0.39, 0.29) is 5.91 Å². The van der Waals surface area contributed by atoms with Crippen molar-refractivity contribution in [1.29, 1.82) is 0 Å². The molecule has 1 aromatic rings. The summed E-state index contributed by atoms with van der Waals surface area (Å²) < 4.78 is 5.33. The van der Waals surface area contributed by atoms with Gasteiger partial charge in [0.15, 0.2) is 0 Å². The number of fused-ring (bicyclic) bond motifs is 4. The first-order valence-electron chi connectivity index (χ1n) is 11.4. The van der Waals surface area contributed by atoms with Crippen LogP contribution in [0.3, 0.4) is 0 Å². The number of ether oxygens (including phenoxy) is 1. The van der Waals surface area contributed by atoms with Crippen LogP contribution in [0.5, 0.6) is 0 Å². The minimum Gasteiger partial charge on any atom is -0.383 e. The molecule has 0 unspecified atom stereocenters. The van der Waals surface area contributed by atoms with Gasteiger partial charge < -0.3 is 15.0 Å². The van der Waals surface area contributed by atoms with Crippen LogP contribution in [0.2, 0.25) is 0 Å². The van der Waals surface area contributed by atoms with E-state index in [1.54, 1.807) is 7.11 Å². The van der Waals surface area contributed by atoms with E-state index in [4.69, 9.17) is 4.74 Å². The summed E-state index contributed by atoms with van der Waals surface area (Å²) in [6.07, 6.45) is 5.78. The van der Waals surface area contributed by atoms with E-state index >= 15 is 0 Å². The average molecular weight is 400 g/mol. The van der Waals surface area contributed by atoms with Gasteiger partial charge in [-0.2, -0.15) is 0 Å². The lowest BCUT2D eigenvalue weighted by molar-refractivity contribution is -0.122. The number of aryl methyl sites for hydroxylation is 1. The summed E-state index contributed by atoms with van der Waals surface area (Å²) >= 11 is 0. The molecule has 2 bridgehead atoms. The zero-order chi connectivity index (χ0) is 20.2. The van der Waals surface area contributed by atoms with E-state index in [1.165, 1.54) is 44.3 Å². The van der Waals surface area contributed by atoms with Crippen LogP contribution in [0, 0.1) is 18.8 Å². The third-order valence-electron chi connectivity index (χ3n) is 7.30. The van der Waals surface area contributed by atoms with Gasteiger partial charge in [0.2, 0.25) is 5.91 Å². The van der Waals surface area contributed by atoms with Crippen molar-refractivity contribution < 1.29 is 9.53 Å². The van der Waals surface area contributed by atoms with Crippen molar-refractivity contribution in [2.75, 3.05) is 46.4 Å². The average Bonchev–Trinajstić information content (AvgIpc) is 2.74. The zero-order valence-electron chi connectivity index (χ0n) is 18.1. The lowest BCUT2D eigenvalue weighted by Crippen LogP contribution is -2.65. The molecule has 0 aliphatic carbocycles. The van der Waals surface area contributed by atoms with Crippen molar-refractivity contribution in [1.82, 2.24) is 15.1 Å². The molecule has 1 N–H and O–H groups in total. The van der Waals surface area contributed by atoms with Gasteiger partial charge in [-0.25, -0.2) is 0 Å². The molecule has 3 fully saturated rings. The number of carbonyl (C=O) groups is 1. The van der Waals surface area contributed by atoms with Crippen LogP contribution in [0.1, 0.15) is 36.8 Å². The minimum atomic E-state index is 0.150. The molecular weight excluding hydrogens is 362 g/mol. The Balaban J connectivity index is 1.38. The monoisotopic (exact) mass is 399 g/mol. The number of benzene rings is 1. The van der Waals surface area contributed by atoms with E-state index < -0.39 is 0 Å². The summed E-state index contributed by atoms with van der Waals surface area (Å²) in [5, 5.41) is 3.29. The molecule has 3 heterocycles. The summed E-state index contributed by atoms with van der Waals surface area (Å²) in [4.78, 5) is 18.0. The fourth-order valence-corrected chi connectivity index (χ4v) is 5.86. The molecule has 0 aromatic heterocycles. The summed E-state index contributed by atoms with van der Waals surface area (Å²) in [5.74, 6) is 1.58. The standard InChI is InChI=1S/C24H37N3O2/c1-18-6-8-19(9-7-18)13-24(28)25-15-23-21-14-20(16-26(17-21)11-12-29-2)22-5-3-4-10-27(22)23/h6-9,20-23H,3-5,10-17H2,1-2H3,(H,25,28)/t20-,21+,22+,23+/m1/s1. The number of methoxy groups -OCH3 is 1. The van der Waals surface area contributed by atoms with E-state index in [2.05, 4.69) is 46.3 Å². The number of nitrogens with one attached hydrogen (secondary N) is 1. The SMILES string of the molecule is COCCN1C[C@H]2C[C@@H](C1)[C@H](CNC(=O)Cc1ccc(C)cc1)N1CCCC[C@@H]21. The van der Waals surface area contributed by atoms with Crippen LogP contribution in [-0.4, -0.2) is 74.2 Å². The maximum atomic E-state index is 12.6. The Morgan fingerprint density at radius 1 is 1.17 bits per heavy atom. The molecule has 3 aliphatic heterocycles. The van der Waals surface area contributed by atoms with Crippen LogP contribution >= 0.6 is 0 Å². The highest BCUT2D eigenvalue weighted by atomic mass is 16.5. The van der Waals surface area contributed by atoms with Crippen molar-refractivity contribution in [3.8, 4) is 0 Å². The Kier molecular flexibility index (Phi) is 6.88. The molecule has 160 valence electrons. The van der Waals surface area contributed by atoms with Gasteiger partial charge >= 0.3 is 0 Å². The fourth-order valence-electron chi connectivity index (χ4n) is 5.86. The molecule has 4 atom stereocenters. The van der Waals surface area contributed by atoms with E-state index in [1.807, 2.05) is 0 Å². The van der Waals surface area contributed by atoms with Crippen molar-refractivity contribution in [2.45, 2.75) is 51.1 Å². The van der Waals surface area contributed by atoms with E-state index in [0.717, 1.165) is 37.7 Å². The maximum Gasteiger partial charge on any atom is 0.224 e. The highest BCUT2D eigenvalue weighted by Crippen LogP contribution is 2.40. The van der Waals surface area contributed by atoms with Crippen LogP contribution in [0.4, 0.5) is 0 Å². The second kappa shape index (κ2) is 9.59. The highest BCUT2D eigenvalue weighted by molar-refractivity contribution is 5.78. The number of hydrogen-bond acceptors (Lipinski definition) is 4. The third-order valence-corrected chi connectivity index (χ3v) is 7.30. The molecule has 3 aliphatic rings. The number of hydrogen-bond donors (Lipinski definition) is 1. The fraction of sp³-hybridized carbons (Fsp3) is 0.708. The normalized spacial score (nSPS) is 30.0. The zero-order valence-corrected chi connectivity index (χ0v) is 18.1. The van der Waals surface area contributed by atoms with Gasteiger partial charge in [0, 0.05) is 45.4 Å². The van der Waals surface area contributed by atoms with Crippen LogP contribution in [0.15, 0.2) is 24.3 Å². The first-order valence-corrected chi connectivity index (χ1v) is 11.4. The number of nitrogens with zero attached hydrogens (tertiary/aromatic N) is 2. The third kappa shape index (κ3) is 5.01. The number of likely N-dealkylation sites (tertiary alicyclic amines) is 1. The Morgan fingerprint density at radius 2 is 1.97 bits per heavy atom. The van der Waals surface area contributed by atoms with E-state index in [0.29, 0.717) is 24.4 Å². The first kappa shape index (κ1) is 20.8. The molecule has 5 heteroatoms. The molecule has 4 rings (SSSR count). The summed E-state index contributed by atoms with van der Waals surface area (Å²) in [6, 6.07) is 9.47. The van der Waals surface area contributed by atoms with Gasteiger partial charge in [0.05, 0.1) is 13.0 Å². The van der Waals surface area contributed by atoms with Gasteiger partial charge in [-0.1, -0.05) is 36.2 Å². The molecule has 1 aromatic carbocycles. The molecule has 0 radical (unpaired) electrons. The van der Waals surface area contributed by atoms with Crippen LogP contribution in [0.25, 0.3) is 0 Å². The van der Waals surface area contributed by atoms with Crippen LogP contribution in [-0.2, 0) is 16.0 Å². The topological polar surface area (TPSA) is 44.8 Å². The van der Waals surface area contributed by atoms with Gasteiger partial charge in [-0.05, 0) is 50.1 Å². The Hall–Kier alpha value is -1.43. The van der Waals surface area contributed by atoms with Crippen molar-refractivity contribution in [3.05, 3.63) is 35.4 Å². The van der Waals surface area contributed by atoms with Gasteiger partial charge in [0.1, 0.15) is 0 Å². The summed E-state index contributed by atoms with van der Waals surface area (Å²) in [7, 11) is 1.79. The predicted octanol–water partition coefficient (Wildman–Crippen LogP) is 2.47. The smallest absolute Gasteiger partial charge is 0.224 e. The highest BCUT2D eigenvalue weighted by Gasteiger charge is 2.46. The lowest BCUT2D eigenvalue weighted by atomic mass is 9.72. The molecule has 0 saturated carbocycles. The maximum absolute atomic E-state index is 12.6.